The lowest BCUT2D eigenvalue weighted by atomic mass is 9.82. The number of aryl methyl sites for hydroxylation is 1. The number of hydrogen-bond donors (Lipinski definition) is 1. The number of piperidine rings is 1. The third-order valence-electron chi connectivity index (χ3n) is 4.01. The summed E-state index contributed by atoms with van der Waals surface area (Å²) >= 11 is 0. The van der Waals surface area contributed by atoms with E-state index in [9.17, 15) is 0 Å². The van der Waals surface area contributed by atoms with Crippen molar-refractivity contribution >= 4 is 0 Å². The maximum Gasteiger partial charge on any atom is 0.0946 e. The molecule has 1 saturated heterocycles. The maximum atomic E-state index is 5.95. The van der Waals surface area contributed by atoms with E-state index in [-0.39, 0.29) is 0 Å². The van der Waals surface area contributed by atoms with Crippen molar-refractivity contribution in [2.24, 2.45) is 18.2 Å². The van der Waals surface area contributed by atoms with Gasteiger partial charge in [-0.15, -0.1) is 0 Å². The Labute approximate surface area is 104 Å². The fourth-order valence-corrected chi connectivity index (χ4v) is 2.59. The van der Waals surface area contributed by atoms with Crippen molar-refractivity contribution in [2.45, 2.75) is 32.7 Å². The molecule has 2 rings (SSSR count). The third-order valence-corrected chi connectivity index (χ3v) is 4.01. The molecule has 1 atom stereocenters. The lowest BCUT2D eigenvalue weighted by Gasteiger charge is -2.40. The maximum absolute atomic E-state index is 5.95. The first-order chi connectivity index (χ1) is 8.03. The zero-order valence-electron chi connectivity index (χ0n) is 11.2. The molecule has 0 aromatic carbocycles. The molecule has 4 nitrogen and oxygen atoms in total. The summed E-state index contributed by atoms with van der Waals surface area (Å²) in [6, 6.07) is 0.318. The summed E-state index contributed by atoms with van der Waals surface area (Å²) in [4.78, 5) is 6.70. The van der Waals surface area contributed by atoms with Crippen LogP contribution >= 0.6 is 0 Å². The molecule has 96 valence electrons. The molecule has 2 heterocycles. The number of rotatable bonds is 3. The molecule has 0 spiro atoms. The first-order valence-corrected chi connectivity index (χ1v) is 6.44. The van der Waals surface area contributed by atoms with Crippen LogP contribution in [0.3, 0.4) is 0 Å². The van der Waals surface area contributed by atoms with E-state index in [1.165, 1.54) is 18.5 Å². The van der Waals surface area contributed by atoms with Gasteiger partial charge in [-0.3, -0.25) is 4.90 Å². The van der Waals surface area contributed by atoms with E-state index >= 15 is 0 Å². The summed E-state index contributed by atoms with van der Waals surface area (Å²) in [6.07, 6.45) is 6.30. The molecule has 1 aromatic rings. The van der Waals surface area contributed by atoms with E-state index in [2.05, 4.69) is 28.3 Å². The van der Waals surface area contributed by atoms with Gasteiger partial charge < -0.3 is 10.3 Å². The summed E-state index contributed by atoms with van der Waals surface area (Å²) in [5.41, 5.74) is 7.67. The predicted octanol–water partition coefficient (Wildman–Crippen LogP) is 1.54. The van der Waals surface area contributed by atoms with E-state index in [1.54, 1.807) is 0 Å². The average molecular weight is 236 g/mol. The van der Waals surface area contributed by atoms with Crippen LogP contribution in [-0.4, -0.2) is 34.1 Å². The number of nitrogens with two attached hydrogens (primary N) is 1. The SMILES string of the molecule is Cn1cncc1C(CN)N1CCC(C)(C)CC1. The minimum Gasteiger partial charge on any atom is -0.336 e. The van der Waals surface area contributed by atoms with Crippen LogP contribution in [0.1, 0.15) is 38.4 Å². The molecule has 0 saturated carbocycles. The van der Waals surface area contributed by atoms with Crippen LogP contribution < -0.4 is 5.73 Å². The topological polar surface area (TPSA) is 47.1 Å². The van der Waals surface area contributed by atoms with Crippen molar-refractivity contribution in [2.75, 3.05) is 19.6 Å². The second-order valence-corrected chi connectivity index (χ2v) is 5.88. The highest BCUT2D eigenvalue weighted by Gasteiger charge is 2.30. The van der Waals surface area contributed by atoms with E-state index in [0.29, 0.717) is 18.0 Å². The molecule has 1 aromatic heterocycles. The van der Waals surface area contributed by atoms with E-state index in [0.717, 1.165) is 13.1 Å². The highest BCUT2D eigenvalue weighted by molar-refractivity contribution is 5.06. The van der Waals surface area contributed by atoms with Crippen molar-refractivity contribution in [1.29, 1.82) is 0 Å². The minimum absolute atomic E-state index is 0.318. The van der Waals surface area contributed by atoms with Gasteiger partial charge >= 0.3 is 0 Å². The zero-order valence-corrected chi connectivity index (χ0v) is 11.2. The van der Waals surface area contributed by atoms with Gasteiger partial charge in [0.25, 0.3) is 0 Å². The molecule has 1 aliphatic rings. The first-order valence-electron chi connectivity index (χ1n) is 6.44. The Kier molecular flexibility index (Phi) is 3.54. The smallest absolute Gasteiger partial charge is 0.0946 e. The molecule has 2 N–H and O–H groups in total. The lowest BCUT2D eigenvalue weighted by Crippen LogP contribution is -2.42. The number of likely N-dealkylation sites (tertiary alicyclic amines) is 1. The van der Waals surface area contributed by atoms with Gasteiger partial charge in [-0.05, 0) is 31.3 Å². The fourth-order valence-electron chi connectivity index (χ4n) is 2.59. The van der Waals surface area contributed by atoms with Crippen LogP contribution in [0, 0.1) is 5.41 Å². The highest BCUT2D eigenvalue weighted by Crippen LogP contribution is 2.33. The number of imidazole rings is 1. The number of nitrogens with zero attached hydrogens (tertiary/aromatic N) is 3. The Morgan fingerprint density at radius 3 is 2.53 bits per heavy atom. The molecule has 0 radical (unpaired) electrons. The lowest BCUT2D eigenvalue weighted by molar-refractivity contribution is 0.0936. The monoisotopic (exact) mass is 236 g/mol. The fraction of sp³-hybridized carbons (Fsp3) is 0.769. The van der Waals surface area contributed by atoms with Crippen molar-refractivity contribution in [1.82, 2.24) is 14.5 Å². The number of hydrogen-bond acceptors (Lipinski definition) is 3. The molecule has 1 unspecified atom stereocenters. The zero-order chi connectivity index (χ0) is 12.5. The van der Waals surface area contributed by atoms with E-state index in [4.69, 9.17) is 5.73 Å². The van der Waals surface area contributed by atoms with E-state index < -0.39 is 0 Å². The van der Waals surface area contributed by atoms with Gasteiger partial charge in [-0.25, -0.2) is 4.98 Å². The van der Waals surface area contributed by atoms with Crippen LogP contribution in [0.4, 0.5) is 0 Å². The molecule has 1 aliphatic heterocycles. The van der Waals surface area contributed by atoms with Crippen LogP contribution in [0.25, 0.3) is 0 Å². The van der Waals surface area contributed by atoms with Gasteiger partial charge in [-0.2, -0.15) is 0 Å². The van der Waals surface area contributed by atoms with Gasteiger partial charge in [-0.1, -0.05) is 13.8 Å². The second kappa shape index (κ2) is 4.78. The van der Waals surface area contributed by atoms with Crippen molar-refractivity contribution in [3.63, 3.8) is 0 Å². The Morgan fingerprint density at radius 2 is 2.06 bits per heavy atom. The quantitative estimate of drug-likeness (QED) is 0.866. The minimum atomic E-state index is 0.318. The number of aromatic nitrogens is 2. The summed E-state index contributed by atoms with van der Waals surface area (Å²) in [6.45, 7) is 7.65. The standard InChI is InChI=1S/C13H24N4/c1-13(2)4-6-17(7-5-13)11(8-14)12-9-15-10-16(12)3/h9-11H,4-8,14H2,1-3H3. The van der Waals surface area contributed by atoms with Gasteiger partial charge in [0.05, 0.1) is 18.1 Å². The second-order valence-electron chi connectivity index (χ2n) is 5.88. The van der Waals surface area contributed by atoms with Crippen molar-refractivity contribution in [3.8, 4) is 0 Å². The van der Waals surface area contributed by atoms with Crippen molar-refractivity contribution < 1.29 is 0 Å². The Balaban J connectivity index is 2.08. The summed E-state index contributed by atoms with van der Waals surface area (Å²) in [5, 5.41) is 0. The normalized spacial score (nSPS) is 22.6. The molecule has 0 bridgehead atoms. The van der Waals surface area contributed by atoms with Gasteiger partial charge in [0, 0.05) is 19.8 Å². The van der Waals surface area contributed by atoms with Crippen LogP contribution in [-0.2, 0) is 7.05 Å². The largest absolute Gasteiger partial charge is 0.336 e. The summed E-state index contributed by atoms with van der Waals surface area (Å²) in [5.74, 6) is 0. The van der Waals surface area contributed by atoms with Crippen LogP contribution in [0.5, 0.6) is 0 Å². The summed E-state index contributed by atoms with van der Waals surface area (Å²) < 4.78 is 2.08. The molecule has 0 aliphatic carbocycles. The average Bonchev–Trinajstić information content (AvgIpc) is 2.69. The molecule has 17 heavy (non-hydrogen) atoms. The first kappa shape index (κ1) is 12.6. The predicted molar refractivity (Wildman–Crippen MR) is 69.6 cm³/mol. The Morgan fingerprint density at radius 1 is 1.41 bits per heavy atom. The van der Waals surface area contributed by atoms with Gasteiger partial charge in [0.1, 0.15) is 0 Å². The molecule has 0 amide bonds. The Bertz CT molecular complexity index is 359. The molecule has 4 heteroatoms. The van der Waals surface area contributed by atoms with Crippen LogP contribution in [0.15, 0.2) is 12.5 Å². The third kappa shape index (κ3) is 2.69. The van der Waals surface area contributed by atoms with Gasteiger partial charge in [0.15, 0.2) is 0 Å². The summed E-state index contributed by atoms with van der Waals surface area (Å²) in [7, 11) is 2.04. The Hall–Kier alpha value is -0.870. The van der Waals surface area contributed by atoms with Crippen molar-refractivity contribution in [3.05, 3.63) is 18.2 Å². The van der Waals surface area contributed by atoms with Gasteiger partial charge in [0.2, 0.25) is 0 Å². The molecule has 1 fully saturated rings. The molecular weight excluding hydrogens is 212 g/mol. The van der Waals surface area contributed by atoms with E-state index in [1.807, 2.05) is 19.6 Å². The molecular formula is C13H24N4. The van der Waals surface area contributed by atoms with Crippen LogP contribution in [0.2, 0.25) is 0 Å². The highest BCUT2D eigenvalue weighted by atomic mass is 15.2.